The zero-order valence-electron chi connectivity index (χ0n) is 8.92. The molecule has 3 heteroatoms. The van der Waals surface area contributed by atoms with Gasteiger partial charge >= 0.3 is 0 Å². The summed E-state index contributed by atoms with van der Waals surface area (Å²) in [7, 11) is 4.04. The fourth-order valence-electron chi connectivity index (χ4n) is 1.80. The molecular weight excluding hydrogens is 164 g/mol. The normalized spacial score (nSPS) is 23.5. The lowest BCUT2D eigenvalue weighted by atomic mass is 10.1. The van der Waals surface area contributed by atoms with Crippen molar-refractivity contribution in [2.24, 2.45) is 5.92 Å². The first-order chi connectivity index (χ1) is 6.09. The first-order valence-corrected chi connectivity index (χ1v) is 5.00. The van der Waals surface area contributed by atoms with Gasteiger partial charge in [-0.3, -0.25) is 4.79 Å². The SMILES string of the molecule is CC(=O)N(C)CCC1CCN(C)C1. The van der Waals surface area contributed by atoms with Crippen molar-refractivity contribution in [3.63, 3.8) is 0 Å². The van der Waals surface area contributed by atoms with Crippen LogP contribution in [0, 0.1) is 5.92 Å². The second-order valence-corrected chi connectivity index (χ2v) is 4.15. The second-order valence-electron chi connectivity index (χ2n) is 4.15. The van der Waals surface area contributed by atoms with Gasteiger partial charge in [-0.2, -0.15) is 0 Å². The van der Waals surface area contributed by atoms with Crippen molar-refractivity contribution >= 4 is 5.91 Å². The average molecular weight is 184 g/mol. The maximum Gasteiger partial charge on any atom is 0.219 e. The molecule has 0 spiro atoms. The number of carbonyl (C=O) groups excluding carboxylic acids is 1. The molecule has 0 aliphatic carbocycles. The lowest BCUT2D eigenvalue weighted by Gasteiger charge is -2.17. The molecule has 13 heavy (non-hydrogen) atoms. The maximum atomic E-state index is 10.9. The summed E-state index contributed by atoms with van der Waals surface area (Å²) in [6, 6.07) is 0. The van der Waals surface area contributed by atoms with Gasteiger partial charge in [0.2, 0.25) is 5.91 Å². The molecule has 0 radical (unpaired) electrons. The number of likely N-dealkylation sites (tertiary alicyclic amines) is 1. The van der Waals surface area contributed by atoms with E-state index in [-0.39, 0.29) is 5.91 Å². The van der Waals surface area contributed by atoms with E-state index >= 15 is 0 Å². The lowest BCUT2D eigenvalue weighted by molar-refractivity contribution is -0.127. The number of rotatable bonds is 3. The van der Waals surface area contributed by atoms with Crippen LogP contribution in [0.4, 0.5) is 0 Å². The number of carbonyl (C=O) groups is 1. The Morgan fingerprint density at radius 1 is 1.62 bits per heavy atom. The van der Waals surface area contributed by atoms with Gasteiger partial charge in [0, 0.05) is 27.1 Å². The molecule has 0 aromatic heterocycles. The highest BCUT2D eigenvalue weighted by Gasteiger charge is 2.19. The molecule has 1 heterocycles. The Bertz CT molecular complexity index is 182. The van der Waals surface area contributed by atoms with Crippen molar-refractivity contribution in [1.29, 1.82) is 0 Å². The third-order valence-electron chi connectivity index (χ3n) is 2.90. The molecule has 1 atom stereocenters. The van der Waals surface area contributed by atoms with Crippen LogP contribution in [0.25, 0.3) is 0 Å². The zero-order chi connectivity index (χ0) is 9.84. The fraction of sp³-hybridized carbons (Fsp3) is 0.900. The van der Waals surface area contributed by atoms with E-state index in [0.29, 0.717) is 0 Å². The Labute approximate surface area is 80.7 Å². The van der Waals surface area contributed by atoms with Crippen molar-refractivity contribution in [3.05, 3.63) is 0 Å². The first-order valence-electron chi connectivity index (χ1n) is 5.00. The van der Waals surface area contributed by atoms with E-state index in [1.165, 1.54) is 19.5 Å². The number of amides is 1. The predicted molar refractivity (Wildman–Crippen MR) is 53.5 cm³/mol. The van der Waals surface area contributed by atoms with Crippen LogP contribution in [0.5, 0.6) is 0 Å². The molecule has 0 saturated carbocycles. The molecule has 0 bridgehead atoms. The number of hydrogen-bond acceptors (Lipinski definition) is 2. The molecule has 76 valence electrons. The summed E-state index contributed by atoms with van der Waals surface area (Å²) >= 11 is 0. The minimum atomic E-state index is 0.173. The van der Waals surface area contributed by atoms with Crippen LogP contribution in [-0.4, -0.2) is 49.4 Å². The highest BCUT2D eigenvalue weighted by Crippen LogP contribution is 2.17. The number of nitrogens with zero attached hydrogens (tertiary/aromatic N) is 2. The highest BCUT2D eigenvalue weighted by molar-refractivity contribution is 5.72. The molecule has 1 aliphatic rings. The Balaban J connectivity index is 2.16. The van der Waals surface area contributed by atoms with Gasteiger partial charge in [0.25, 0.3) is 0 Å². The smallest absolute Gasteiger partial charge is 0.219 e. The summed E-state index contributed by atoms with van der Waals surface area (Å²) in [5.41, 5.74) is 0. The van der Waals surface area contributed by atoms with Gasteiger partial charge in [-0.1, -0.05) is 0 Å². The quantitative estimate of drug-likeness (QED) is 0.648. The minimum absolute atomic E-state index is 0.173. The Morgan fingerprint density at radius 3 is 2.77 bits per heavy atom. The van der Waals surface area contributed by atoms with Crippen LogP contribution >= 0.6 is 0 Å². The van der Waals surface area contributed by atoms with Crippen LogP contribution in [0.1, 0.15) is 19.8 Å². The Morgan fingerprint density at radius 2 is 2.31 bits per heavy atom. The highest BCUT2D eigenvalue weighted by atomic mass is 16.2. The molecule has 1 fully saturated rings. The lowest BCUT2D eigenvalue weighted by Crippen LogP contribution is -2.26. The maximum absolute atomic E-state index is 10.9. The third-order valence-corrected chi connectivity index (χ3v) is 2.90. The topological polar surface area (TPSA) is 23.6 Å². The van der Waals surface area contributed by atoms with E-state index in [1.54, 1.807) is 11.8 Å². The van der Waals surface area contributed by atoms with E-state index < -0.39 is 0 Å². The molecular formula is C10H20N2O. The molecule has 1 amide bonds. The number of hydrogen-bond donors (Lipinski definition) is 0. The Kier molecular flexibility index (Phi) is 3.72. The van der Waals surface area contributed by atoms with Crippen LogP contribution in [-0.2, 0) is 4.79 Å². The summed E-state index contributed by atoms with van der Waals surface area (Å²) < 4.78 is 0. The van der Waals surface area contributed by atoms with Gasteiger partial charge in [0.15, 0.2) is 0 Å². The van der Waals surface area contributed by atoms with Crippen molar-refractivity contribution in [1.82, 2.24) is 9.80 Å². The summed E-state index contributed by atoms with van der Waals surface area (Å²) in [6.07, 6.45) is 2.45. The van der Waals surface area contributed by atoms with Crippen molar-refractivity contribution in [2.75, 3.05) is 33.7 Å². The van der Waals surface area contributed by atoms with E-state index in [9.17, 15) is 4.79 Å². The van der Waals surface area contributed by atoms with Gasteiger partial charge in [-0.15, -0.1) is 0 Å². The van der Waals surface area contributed by atoms with Crippen molar-refractivity contribution < 1.29 is 4.79 Å². The van der Waals surface area contributed by atoms with E-state index in [0.717, 1.165) is 18.9 Å². The Hall–Kier alpha value is -0.570. The van der Waals surface area contributed by atoms with Gasteiger partial charge in [-0.25, -0.2) is 0 Å². The summed E-state index contributed by atoms with van der Waals surface area (Å²) in [5.74, 6) is 0.971. The fourth-order valence-corrected chi connectivity index (χ4v) is 1.80. The van der Waals surface area contributed by atoms with E-state index in [2.05, 4.69) is 11.9 Å². The zero-order valence-corrected chi connectivity index (χ0v) is 8.92. The van der Waals surface area contributed by atoms with Crippen molar-refractivity contribution in [2.45, 2.75) is 19.8 Å². The van der Waals surface area contributed by atoms with Gasteiger partial charge in [-0.05, 0) is 32.4 Å². The van der Waals surface area contributed by atoms with Gasteiger partial charge < -0.3 is 9.80 Å². The summed E-state index contributed by atoms with van der Waals surface area (Å²) in [5, 5.41) is 0. The van der Waals surface area contributed by atoms with E-state index in [1.807, 2.05) is 7.05 Å². The molecule has 1 unspecified atom stereocenters. The molecule has 1 rings (SSSR count). The molecule has 1 saturated heterocycles. The average Bonchev–Trinajstić information content (AvgIpc) is 2.47. The molecule has 1 aliphatic heterocycles. The van der Waals surface area contributed by atoms with Crippen LogP contribution in [0.3, 0.4) is 0 Å². The van der Waals surface area contributed by atoms with E-state index in [4.69, 9.17) is 0 Å². The largest absolute Gasteiger partial charge is 0.346 e. The molecule has 0 N–H and O–H groups in total. The third kappa shape index (κ3) is 3.35. The summed E-state index contributed by atoms with van der Waals surface area (Å²) in [6.45, 7) is 4.95. The minimum Gasteiger partial charge on any atom is -0.346 e. The first kappa shape index (κ1) is 10.5. The molecule has 3 nitrogen and oxygen atoms in total. The predicted octanol–water partition coefficient (Wildman–Crippen LogP) is 0.806. The van der Waals surface area contributed by atoms with Gasteiger partial charge in [0.1, 0.15) is 0 Å². The molecule has 0 aromatic rings. The van der Waals surface area contributed by atoms with Gasteiger partial charge in [0.05, 0.1) is 0 Å². The summed E-state index contributed by atoms with van der Waals surface area (Å²) in [4.78, 5) is 15.1. The van der Waals surface area contributed by atoms with Crippen molar-refractivity contribution in [3.8, 4) is 0 Å². The van der Waals surface area contributed by atoms with Crippen LogP contribution in [0.15, 0.2) is 0 Å². The van der Waals surface area contributed by atoms with Crippen LogP contribution in [0.2, 0.25) is 0 Å². The second kappa shape index (κ2) is 4.61. The molecule has 0 aromatic carbocycles. The van der Waals surface area contributed by atoms with Crippen LogP contribution < -0.4 is 0 Å². The standard InChI is InChI=1S/C10H20N2O/c1-9(13)12(3)7-5-10-4-6-11(2)8-10/h10H,4-8H2,1-3H3. The monoisotopic (exact) mass is 184 g/mol.